The Balaban J connectivity index is 1.94. The summed E-state index contributed by atoms with van der Waals surface area (Å²) in [5.74, 6) is 0.998. The third-order valence-corrected chi connectivity index (χ3v) is 3.77. The molecule has 1 aromatic heterocycles. The van der Waals surface area contributed by atoms with Gasteiger partial charge >= 0.3 is 0 Å². The second-order valence-electron chi connectivity index (χ2n) is 4.90. The van der Waals surface area contributed by atoms with E-state index in [2.05, 4.69) is 15.5 Å². The van der Waals surface area contributed by atoms with E-state index < -0.39 is 4.92 Å². The van der Waals surface area contributed by atoms with E-state index in [0.717, 1.165) is 25.9 Å². The molecule has 1 N–H and O–H groups in total. The van der Waals surface area contributed by atoms with Crippen LogP contribution in [-0.4, -0.2) is 28.2 Å². The molecule has 7 nitrogen and oxygen atoms in total. The van der Waals surface area contributed by atoms with E-state index in [1.807, 2.05) is 0 Å². The van der Waals surface area contributed by atoms with Gasteiger partial charge in [0.05, 0.1) is 4.92 Å². The van der Waals surface area contributed by atoms with Crippen LogP contribution in [0.15, 0.2) is 22.7 Å². The van der Waals surface area contributed by atoms with Gasteiger partial charge < -0.3 is 9.84 Å². The third kappa shape index (κ3) is 2.88. The first kappa shape index (κ1) is 14.0. The van der Waals surface area contributed by atoms with Gasteiger partial charge in [0.2, 0.25) is 0 Å². The lowest BCUT2D eigenvalue weighted by atomic mass is 9.98. The molecule has 110 valence electrons. The SMILES string of the molecule is O=[N+]([O-])c1cc(Cl)ccc1-c1nc(C2CCNCC2)no1. The monoisotopic (exact) mass is 308 g/mol. The van der Waals surface area contributed by atoms with Gasteiger partial charge in [0.1, 0.15) is 5.56 Å². The zero-order valence-electron chi connectivity index (χ0n) is 11.1. The van der Waals surface area contributed by atoms with Gasteiger partial charge in [-0.3, -0.25) is 10.1 Å². The summed E-state index contributed by atoms with van der Waals surface area (Å²) >= 11 is 5.80. The highest BCUT2D eigenvalue weighted by atomic mass is 35.5. The standard InChI is InChI=1S/C13H13ClN4O3/c14-9-1-2-10(11(7-9)18(19)20)13-16-12(17-21-13)8-3-5-15-6-4-8/h1-2,7-8,15H,3-6H2. The fourth-order valence-electron chi connectivity index (χ4n) is 2.43. The summed E-state index contributed by atoms with van der Waals surface area (Å²) in [6.07, 6.45) is 1.86. The molecule has 21 heavy (non-hydrogen) atoms. The highest BCUT2D eigenvalue weighted by Crippen LogP contribution is 2.32. The molecule has 0 spiro atoms. The predicted octanol–water partition coefficient (Wildman–Crippen LogP) is 2.77. The molecule has 3 rings (SSSR count). The van der Waals surface area contributed by atoms with Crippen LogP contribution >= 0.6 is 11.6 Å². The Morgan fingerprint density at radius 3 is 2.86 bits per heavy atom. The molecule has 0 amide bonds. The van der Waals surface area contributed by atoms with Gasteiger partial charge in [-0.2, -0.15) is 4.98 Å². The molecule has 1 aliphatic heterocycles. The molecule has 1 aromatic carbocycles. The molecule has 1 saturated heterocycles. The van der Waals surface area contributed by atoms with Crippen molar-refractivity contribution < 1.29 is 9.45 Å². The number of benzene rings is 1. The summed E-state index contributed by atoms with van der Waals surface area (Å²) in [4.78, 5) is 14.9. The molecule has 1 aliphatic rings. The third-order valence-electron chi connectivity index (χ3n) is 3.53. The maximum atomic E-state index is 11.1. The molecule has 1 fully saturated rings. The molecule has 8 heteroatoms. The number of nitrogens with zero attached hydrogens (tertiary/aromatic N) is 3. The van der Waals surface area contributed by atoms with Crippen molar-refractivity contribution >= 4 is 17.3 Å². The molecular weight excluding hydrogens is 296 g/mol. The number of aromatic nitrogens is 2. The van der Waals surface area contributed by atoms with Gasteiger partial charge in [0, 0.05) is 17.0 Å². The smallest absolute Gasteiger partial charge is 0.283 e. The van der Waals surface area contributed by atoms with Crippen molar-refractivity contribution in [3.05, 3.63) is 39.2 Å². The quantitative estimate of drug-likeness (QED) is 0.692. The highest BCUT2D eigenvalue weighted by molar-refractivity contribution is 6.30. The van der Waals surface area contributed by atoms with Gasteiger partial charge in [0.25, 0.3) is 11.6 Å². The Kier molecular flexibility index (Phi) is 3.85. The van der Waals surface area contributed by atoms with Gasteiger partial charge in [-0.15, -0.1) is 0 Å². The summed E-state index contributed by atoms with van der Waals surface area (Å²) < 4.78 is 5.21. The fourth-order valence-corrected chi connectivity index (χ4v) is 2.59. The highest BCUT2D eigenvalue weighted by Gasteiger charge is 2.24. The Labute approximate surface area is 125 Å². The van der Waals surface area contributed by atoms with Crippen LogP contribution in [0, 0.1) is 10.1 Å². The van der Waals surface area contributed by atoms with E-state index in [-0.39, 0.29) is 23.1 Å². The minimum atomic E-state index is -0.504. The zero-order chi connectivity index (χ0) is 14.8. The van der Waals surface area contributed by atoms with E-state index in [9.17, 15) is 10.1 Å². The van der Waals surface area contributed by atoms with Crippen LogP contribution in [-0.2, 0) is 0 Å². The Morgan fingerprint density at radius 2 is 2.14 bits per heavy atom. The van der Waals surface area contributed by atoms with E-state index in [1.54, 1.807) is 6.07 Å². The number of nitrogens with one attached hydrogen (secondary N) is 1. The number of piperidine rings is 1. The van der Waals surface area contributed by atoms with Crippen LogP contribution in [0.4, 0.5) is 5.69 Å². The van der Waals surface area contributed by atoms with Crippen molar-refractivity contribution in [1.29, 1.82) is 0 Å². The van der Waals surface area contributed by atoms with E-state index in [4.69, 9.17) is 16.1 Å². The van der Waals surface area contributed by atoms with Crippen LogP contribution in [0.3, 0.4) is 0 Å². The Hall–Kier alpha value is -1.99. The Bertz CT molecular complexity index is 667. The number of hydrogen-bond donors (Lipinski definition) is 1. The van der Waals surface area contributed by atoms with Gasteiger partial charge in [-0.05, 0) is 38.1 Å². The lowest BCUT2D eigenvalue weighted by Gasteiger charge is -2.18. The molecule has 0 unspecified atom stereocenters. The van der Waals surface area contributed by atoms with Crippen molar-refractivity contribution in [1.82, 2.24) is 15.5 Å². The summed E-state index contributed by atoms with van der Waals surface area (Å²) in [5.41, 5.74) is 0.153. The normalized spacial score (nSPS) is 16.0. The Morgan fingerprint density at radius 1 is 1.38 bits per heavy atom. The first-order valence-electron chi connectivity index (χ1n) is 6.64. The molecule has 2 aromatic rings. The average Bonchev–Trinajstić information content (AvgIpc) is 2.97. The average molecular weight is 309 g/mol. The van der Waals surface area contributed by atoms with Crippen LogP contribution in [0.5, 0.6) is 0 Å². The predicted molar refractivity (Wildman–Crippen MR) is 76.2 cm³/mol. The van der Waals surface area contributed by atoms with Crippen molar-refractivity contribution in [2.75, 3.05) is 13.1 Å². The number of rotatable bonds is 3. The summed E-state index contributed by atoms with van der Waals surface area (Å²) in [5, 5.41) is 18.6. The second kappa shape index (κ2) is 5.79. The van der Waals surface area contributed by atoms with Crippen molar-refractivity contribution in [2.45, 2.75) is 18.8 Å². The number of halogens is 1. The van der Waals surface area contributed by atoms with Gasteiger partial charge in [0.15, 0.2) is 5.82 Å². The molecule has 0 atom stereocenters. The maximum Gasteiger partial charge on any atom is 0.283 e. The topological polar surface area (TPSA) is 94.1 Å². The summed E-state index contributed by atoms with van der Waals surface area (Å²) in [6.45, 7) is 1.82. The van der Waals surface area contributed by atoms with E-state index in [0.29, 0.717) is 10.8 Å². The van der Waals surface area contributed by atoms with Crippen LogP contribution in [0.25, 0.3) is 11.5 Å². The van der Waals surface area contributed by atoms with Crippen LogP contribution in [0.2, 0.25) is 5.02 Å². The summed E-state index contributed by atoms with van der Waals surface area (Å²) in [6, 6.07) is 4.38. The number of hydrogen-bond acceptors (Lipinski definition) is 6. The van der Waals surface area contributed by atoms with E-state index in [1.165, 1.54) is 12.1 Å². The molecule has 0 bridgehead atoms. The van der Waals surface area contributed by atoms with Crippen molar-refractivity contribution in [2.24, 2.45) is 0 Å². The van der Waals surface area contributed by atoms with Crippen molar-refractivity contribution in [3.8, 4) is 11.5 Å². The first-order valence-corrected chi connectivity index (χ1v) is 7.01. The molecule has 2 heterocycles. The first-order chi connectivity index (χ1) is 10.1. The number of nitro groups is 1. The molecule has 0 aliphatic carbocycles. The lowest BCUT2D eigenvalue weighted by Crippen LogP contribution is -2.27. The summed E-state index contributed by atoms with van der Waals surface area (Å²) in [7, 11) is 0. The van der Waals surface area contributed by atoms with Gasteiger partial charge in [-0.25, -0.2) is 0 Å². The van der Waals surface area contributed by atoms with Crippen LogP contribution < -0.4 is 5.32 Å². The lowest BCUT2D eigenvalue weighted by molar-refractivity contribution is -0.384. The minimum Gasteiger partial charge on any atom is -0.334 e. The van der Waals surface area contributed by atoms with Crippen molar-refractivity contribution in [3.63, 3.8) is 0 Å². The molecule has 0 saturated carbocycles. The fraction of sp³-hybridized carbons (Fsp3) is 0.385. The maximum absolute atomic E-state index is 11.1. The van der Waals surface area contributed by atoms with Gasteiger partial charge in [-0.1, -0.05) is 16.8 Å². The second-order valence-corrected chi connectivity index (χ2v) is 5.34. The molecule has 0 radical (unpaired) electrons. The van der Waals surface area contributed by atoms with E-state index >= 15 is 0 Å². The largest absolute Gasteiger partial charge is 0.334 e. The minimum absolute atomic E-state index is 0.136. The van der Waals surface area contributed by atoms with Crippen LogP contribution in [0.1, 0.15) is 24.6 Å². The number of nitro benzene ring substituents is 1. The molecular formula is C13H13ClN4O3. The zero-order valence-corrected chi connectivity index (χ0v) is 11.8.